The molecule has 0 aliphatic carbocycles. The summed E-state index contributed by atoms with van der Waals surface area (Å²) in [6.45, 7) is 2.78. The Balaban J connectivity index is 1.27. The van der Waals surface area contributed by atoms with E-state index in [0.29, 0.717) is 12.4 Å². The predicted molar refractivity (Wildman–Crippen MR) is 140 cm³/mol. The number of tetrazole rings is 1. The van der Waals surface area contributed by atoms with Crippen LogP contribution >= 0.6 is 0 Å². The zero-order chi connectivity index (χ0) is 24.3. The van der Waals surface area contributed by atoms with Gasteiger partial charge < -0.3 is 5.32 Å². The molecular weight excluding hydrogens is 448 g/mol. The molecule has 3 heterocycles. The normalized spacial score (nSPS) is 11.1. The minimum absolute atomic E-state index is 0.582. The van der Waals surface area contributed by atoms with Crippen LogP contribution in [0.15, 0.2) is 91.1 Å². The van der Waals surface area contributed by atoms with Crippen molar-refractivity contribution in [3.63, 3.8) is 0 Å². The lowest BCUT2D eigenvalue weighted by molar-refractivity contribution is 0.881. The first-order valence-corrected chi connectivity index (χ1v) is 11.9. The lowest BCUT2D eigenvalue weighted by Gasteiger charge is -2.12. The van der Waals surface area contributed by atoms with Crippen molar-refractivity contribution in [2.45, 2.75) is 19.9 Å². The second-order valence-corrected chi connectivity index (χ2v) is 8.48. The van der Waals surface area contributed by atoms with Gasteiger partial charge in [-0.25, -0.2) is 4.98 Å². The molecule has 3 aromatic heterocycles. The number of nitrogens with zero attached hydrogens (tertiary/aromatic N) is 6. The molecule has 176 valence electrons. The van der Waals surface area contributed by atoms with Crippen LogP contribution in [0.2, 0.25) is 0 Å². The summed E-state index contributed by atoms with van der Waals surface area (Å²) in [5, 5.41) is 22.7. The van der Waals surface area contributed by atoms with E-state index in [1.165, 1.54) is 0 Å². The fourth-order valence-corrected chi connectivity index (χ4v) is 4.34. The largest absolute Gasteiger partial charge is 0.366 e. The third-order valence-electron chi connectivity index (χ3n) is 6.22. The molecule has 0 saturated carbocycles. The van der Waals surface area contributed by atoms with E-state index >= 15 is 0 Å². The van der Waals surface area contributed by atoms with Gasteiger partial charge in [0.25, 0.3) is 0 Å². The van der Waals surface area contributed by atoms with E-state index in [2.05, 4.69) is 86.5 Å². The molecule has 2 N–H and O–H groups in total. The molecule has 0 spiro atoms. The van der Waals surface area contributed by atoms with Gasteiger partial charge in [-0.2, -0.15) is 14.8 Å². The number of fused-ring (bicyclic) bond motifs is 1. The van der Waals surface area contributed by atoms with E-state index in [-0.39, 0.29) is 0 Å². The van der Waals surface area contributed by atoms with Crippen molar-refractivity contribution in [1.29, 1.82) is 0 Å². The van der Waals surface area contributed by atoms with Crippen LogP contribution < -0.4 is 5.32 Å². The van der Waals surface area contributed by atoms with Crippen molar-refractivity contribution in [3.8, 4) is 33.6 Å². The highest BCUT2D eigenvalue weighted by atomic mass is 15.5. The fourth-order valence-electron chi connectivity index (χ4n) is 4.34. The van der Waals surface area contributed by atoms with Gasteiger partial charge in [-0.3, -0.25) is 0 Å². The Hall–Kier alpha value is -4.85. The number of aryl methyl sites for hydroxylation is 1. The summed E-state index contributed by atoms with van der Waals surface area (Å²) in [4.78, 5) is 4.86. The van der Waals surface area contributed by atoms with Gasteiger partial charge in [0.2, 0.25) is 5.82 Å². The van der Waals surface area contributed by atoms with Gasteiger partial charge in [-0.1, -0.05) is 85.8 Å². The Morgan fingerprint density at radius 2 is 1.58 bits per heavy atom. The molecule has 8 heteroatoms. The smallest absolute Gasteiger partial charge is 0.205 e. The van der Waals surface area contributed by atoms with Crippen LogP contribution in [0.25, 0.3) is 39.3 Å². The average molecular weight is 473 g/mol. The summed E-state index contributed by atoms with van der Waals surface area (Å²) >= 11 is 0. The van der Waals surface area contributed by atoms with Crippen molar-refractivity contribution in [3.05, 3.63) is 102 Å². The third kappa shape index (κ3) is 4.09. The van der Waals surface area contributed by atoms with Crippen LogP contribution in [0.3, 0.4) is 0 Å². The summed E-state index contributed by atoms with van der Waals surface area (Å²) in [5.41, 5.74) is 8.28. The van der Waals surface area contributed by atoms with E-state index in [1.54, 1.807) is 0 Å². The lowest BCUT2D eigenvalue weighted by atomic mass is 9.98. The van der Waals surface area contributed by atoms with Crippen LogP contribution in [-0.2, 0) is 13.0 Å². The summed E-state index contributed by atoms with van der Waals surface area (Å²) in [5.74, 6) is 1.50. The summed E-state index contributed by atoms with van der Waals surface area (Å²) < 4.78 is 1.89. The maximum atomic E-state index is 4.86. The number of nitrogens with one attached hydrogen (secondary N) is 2. The van der Waals surface area contributed by atoms with Gasteiger partial charge in [-0.05, 0) is 33.9 Å². The van der Waals surface area contributed by atoms with Crippen molar-refractivity contribution in [1.82, 2.24) is 35.2 Å². The van der Waals surface area contributed by atoms with Crippen LogP contribution in [0.5, 0.6) is 0 Å². The van der Waals surface area contributed by atoms with Gasteiger partial charge in [-0.15, -0.1) is 10.2 Å². The molecule has 0 atom stereocenters. The molecule has 0 bridgehead atoms. The van der Waals surface area contributed by atoms with E-state index in [9.17, 15) is 0 Å². The number of rotatable bonds is 7. The van der Waals surface area contributed by atoms with E-state index < -0.39 is 0 Å². The molecule has 0 saturated heterocycles. The van der Waals surface area contributed by atoms with Gasteiger partial charge in [0, 0.05) is 29.4 Å². The maximum absolute atomic E-state index is 4.86. The molecule has 0 aliphatic rings. The predicted octanol–water partition coefficient (Wildman–Crippen LogP) is 5.42. The SMILES string of the molecule is CCc1cc(NCc2ccc(-c3ccccc3-c3nn[nH]n3)cc2)n2ncc(-c3ccccc3)c2n1. The van der Waals surface area contributed by atoms with Gasteiger partial charge in [0.15, 0.2) is 5.65 Å². The van der Waals surface area contributed by atoms with Crippen LogP contribution in [-0.4, -0.2) is 35.2 Å². The molecule has 0 radical (unpaired) electrons. The first-order valence-electron chi connectivity index (χ1n) is 11.9. The minimum atomic E-state index is 0.582. The van der Waals surface area contributed by atoms with Crippen LogP contribution in [0, 0.1) is 0 Å². The summed E-state index contributed by atoms with van der Waals surface area (Å²) in [7, 11) is 0. The monoisotopic (exact) mass is 472 g/mol. The standard InChI is InChI=1S/C28H24N8/c1-2-22-16-26(36-28(31-22)25(18-30-36)20-8-4-3-5-9-20)29-17-19-12-14-21(15-13-19)23-10-6-7-11-24(23)27-32-34-35-33-27/h3-16,18,29H,2,17H2,1H3,(H,32,33,34,35). The lowest BCUT2D eigenvalue weighted by Crippen LogP contribution is -2.07. The van der Waals surface area contributed by atoms with Gasteiger partial charge >= 0.3 is 0 Å². The second kappa shape index (κ2) is 9.42. The molecule has 0 aliphatic heterocycles. The highest BCUT2D eigenvalue weighted by Gasteiger charge is 2.13. The third-order valence-corrected chi connectivity index (χ3v) is 6.22. The Kier molecular flexibility index (Phi) is 5.67. The molecule has 0 unspecified atom stereocenters. The first kappa shape index (κ1) is 21.7. The molecule has 6 aromatic rings. The summed E-state index contributed by atoms with van der Waals surface area (Å²) in [6.07, 6.45) is 2.73. The van der Waals surface area contributed by atoms with Crippen molar-refractivity contribution in [2.24, 2.45) is 0 Å². The maximum Gasteiger partial charge on any atom is 0.205 e. The highest BCUT2D eigenvalue weighted by molar-refractivity contribution is 5.80. The first-order chi connectivity index (χ1) is 17.8. The number of hydrogen-bond acceptors (Lipinski definition) is 6. The Morgan fingerprint density at radius 1 is 0.833 bits per heavy atom. The number of aromatic amines is 1. The molecule has 0 fully saturated rings. The highest BCUT2D eigenvalue weighted by Crippen LogP contribution is 2.30. The summed E-state index contributed by atoms with van der Waals surface area (Å²) in [6, 6.07) is 28.9. The topological polar surface area (TPSA) is 96.7 Å². The van der Waals surface area contributed by atoms with E-state index in [1.807, 2.05) is 47.1 Å². The number of aromatic nitrogens is 7. The van der Waals surface area contributed by atoms with E-state index in [4.69, 9.17) is 4.98 Å². The number of benzene rings is 3. The molecular formula is C28H24N8. The number of hydrogen-bond donors (Lipinski definition) is 2. The second-order valence-electron chi connectivity index (χ2n) is 8.48. The quantitative estimate of drug-likeness (QED) is 0.322. The molecule has 36 heavy (non-hydrogen) atoms. The average Bonchev–Trinajstić information content (AvgIpc) is 3.63. The fraction of sp³-hybridized carbons (Fsp3) is 0.107. The Morgan fingerprint density at radius 3 is 2.33 bits per heavy atom. The molecule has 3 aromatic carbocycles. The minimum Gasteiger partial charge on any atom is -0.366 e. The van der Waals surface area contributed by atoms with Crippen LogP contribution in [0.4, 0.5) is 5.82 Å². The molecule has 0 amide bonds. The van der Waals surface area contributed by atoms with Crippen LogP contribution in [0.1, 0.15) is 18.2 Å². The van der Waals surface area contributed by atoms with E-state index in [0.717, 1.165) is 57.0 Å². The Labute approximate surface area is 208 Å². The Bertz CT molecular complexity index is 1600. The number of anilines is 1. The van der Waals surface area contributed by atoms with Crippen molar-refractivity contribution < 1.29 is 0 Å². The zero-order valence-electron chi connectivity index (χ0n) is 19.8. The van der Waals surface area contributed by atoms with Gasteiger partial charge in [0.1, 0.15) is 5.82 Å². The molecule has 6 rings (SSSR count). The van der Waals surface area contributed by atoms with Crippen molar-refractivity contribution >= 4 is 11.5 Å². The molecule has 8 nitrogen and oxygen atoms in total. The number of H-pyrrole nitrogens is 1. The van der Waals surface area contributed by atoms with Gasteiger partial charge in [0.05, 0.1) is 6.20 Å². The zero-order valence-corrected chi connectivity index (χ0v) is 19.8. The van der Waals surface area contributed by atoms with Crippen molar-refractivity contribution in [2.75, 3.05) is 5.32 Å².